The lowest BCUT2D eigenvalue weighted by atomic mass is 10.0. The van der Waals surface area contributed by atoms with E-state index >= 15 is 0 Å². The number of nitrogens with zero attached hydrogens (tertiary/aromatic N) is 3. The number of methoxy groups -OCH3 is 1. The van der Waals surface area contributed by atoms with Crippen molar-refractivity contribution in [1.29, 1.82) is 0 Å². The standard InChI is InChI=1S/C18H20N6O4/c1-10-7-13(23-27-10)17-20-16(28-24-17)9-19-18(25)14-8-12(21-22-14)11-5-3-4-6-15(11)26-2/h3-7,12,14,21-22H,8-9H2,1-2H3,(H,19,25). The Morgan fingerprint density at radius 1 is 1.29 bits per heavy atom. The number of ether oxygens (including phenoxy) is 1. The Morgan fingerprint density at radius 3 is 2.93 bits per heavy atom. The number of rotatable bonds is 6. The topological polar surface area (TPSA) is 127 Å². The van der Waals surface area contributed by atoms with E-state index in [0.717, 1.165) is 11.3 Å². The third kappa shape index (κ3) is 3.73. The third-order valence-electron chi connectivity index (χ3n) is 4.47. The SMILES string of the molecule is COc1ccccc1C1CC(C(=O)NCc2nc(-c3cc(C)on3)no2)NN1. The first kappa shape index (κ1) is 18.1. The summed E-state index contributed by atoms with van der Waals surface area (Å²) in [5.74, 6) is 1.87. The van der Waals surface area contributed by atoms with Crippen LogP contribution in [0.4, 0.5) is 0 Å². The molecule has 146 valence electrons. The average Bonchev–Trinajstić information content (AvgIpc) is 3.46. The highest BCUT2D eigenvalue weighted by Crippen LogP contribution is 2.29. The van der Waals surface area contributed by atoms with Crippen LogP contribution in [0.1, 0.15) is 29.7 Å². The number of hydrazine groups is 1. The second-order valence-corrected chi connectivity index (χ2v) is 6.42. The molecular formula is C18H20N6O4. The number of hydrogen-bond acceptors (Lipinski definition) is 9. The highest BCUT2D eigenvalue weighted by atomic mass is 16.5. The molecule has 3 aromatic rings. The largest absolute Gasteiger partial charge is 0.496 e. The molecule has 28 heavy (non-hydrogen) atoms. The predicted molar refractivity (Wildman–Crippen MR) is 96.8 cm³/mol. The van der Waals surface area contributed by atoms with Crippen molar-refractivity contribution in [3.8, 4) is 17.3 Å². The molecule has 4 rings (SSSR count). The van der Waals surface area contributed by atoms with E-state index in [1.165, 1.54) is 0 Å². The van der Waals surface area contributed by atoms with Gasteiger partial charge in [0.25, 0.3) is 0 Å². The van der Waals surface area contributed by atoms with E-state index in [2.05, 4.69) is 31.5 Å². The minimum absolute atomic E-state index is 0.0303. The number of aryl methyl sites for hydroxylation is 1. The van der Waals surface area contributed by atoms with Crippen LogP contribution in [0, 0.1) is 6.92 Å². The highest BCUT2D eigenvalue weighted by molar-refractivity contribution is 5.82. The van der Waals surface area contributed by atoms with Gasteiger partial charge in [0, 0.05) is 11.6 Å². The van der Waals surface area contributed by atoms with Crippen molar-refractivity contribution in [2.45, 2.75) is 32.0 Å². The maximum absolute atomic E-state index is 12.5. The van der Waals surface area contributed by atoms with Gasteiger partial charge in [-0.15, -0.1) is 0 Å². The number of hydrogen-bond donors (Lipinski definition) is 3. The smallest absolute Gasteiger partial charge is 0.246 e. The zero-order valence-corrected chi connectivity index (χ0v) is 15.4. The third-order valence-corrected chi connectivity index (χ3v) is 4.47. The van der Waals surface area contributed by atoms with Crippen LogP contribution in [-0.2, 0) is 11.3 Å². The van der Waals surface area contributed by atoms with Gasteiger partial charge in [0.05, 0.1) is 19.7 Å². The molecule has 0 radical (unpaired) electrons. The zero-order chi connectivity index (χ0) is 19.5. The monoisotopic (exact) mass is 384 g/mol. The van der Waals surface area contributed by atoms with Crippen LogP contribution in [0.25, 0.3) is 11.5 Å². The number of para-hydroxylation sites is 1. The van der Waals surface area contributed by atoms with Gasteiger partial charge >= 0.3 is 0 Å². The number of carbonyl (C=O) groups is 1. The van der Waals surface area contributed by atoms with E-state index in [4.69, 9.17) is 13.8 Å². The molecule has 1 aliphatic heterocycles. The van der Waals surface area contributed by atoms with Crippen LogP contribution in [0.2, 0.25) is 0 Å². The molecule has 2 aromatic heterocycles. The lowest BCUT2D eigenvalue weighted by molar-refractivity contribution is -0.123. The molecule has 10 nitrogen and oxygen atoms in total. The molecule has 0 bridgehead atoms. The number of benzene rings is 1. The molecule has 2 atom stereocenters. The van der Waals surface area contributed by atoms with Gasteiger partial charge in [-0.3, -0.25) is 4.79 Å². The molecule has 0 saturated carbocycles. The molecule has 1 aromatic carbocycles. The summed E-state index contributed by atoms with van der Waals surface area (Å²) in [6.45, 7) is 1.90. The van der Waals surface area contributed by atoms with Gasteiger partial charge in [0.1, 0.15) is 17.6 Å². The molecule has 0 aliphatic carbocycles. The molecule has 1 amide bonds. The molecule has 1 fully saturated rings. The lowest BCUT2D eigenvalue weighted by Gasteiger charge is -2.13. The van der Waals surface area contributed by atoms with Gasteiger partial charge in [-0.2, -0.15) is 4.98 Å². The molecule has 3 N–H and O–H groups in total. The summed E-state index contributed by atoms with van der Waals surface area (Å²) in [4.78, 5) is 16.7. The maximum atomic E-state index is 12.5. The highest BCUT2D eigenvalue weighted by Gasteiger charge is 2.31. The van der Waals surface area contributed by atoms with Crippen molar-refractivity contribution in [3.63, 3.8) is 0 Å². The van der Waals surface area contributed by atoms with E-state index in [1.54, 1.807) is 20.1 Å². The van der Waals surface area contributed by atoms with E-state index in [-0.39, 0.29) is 24.4 Å². The van der Waals surface area contributed by atoms with E-state index in [1.807, 2.05) is 24.3 Å². The molecule has 2 unspecified atom stereocenters. The molecule has 1 aliphatic rings. The fourth-order valence-corrected chi connectivity index (χ4v) is 3.07. The fraction of sp³-hybridized carbons (Fsp3) is 0.333. The Bertz CT molecular complexity index is 968. The average molecular weight is 384 g/mol. The van der Waals surface area contributed by atoms with E-state index < -0.39 is 6.04 Å². The summed E-state index contributed by atoms with van der Waals surface area (Å²) in [7, 11) is 1.63. The van der Waals surface area contributed by atoms with E-state index in [9.17, 15) is 4.79 Å². The number of nitrogens with one attached hydrogen (secondary N) is 3. The van der Waals surface area contributed by atoms with Gasteiger partial charge < -0.3 is 19.1 Å². The fourth-order valence-electron chi connectivity index (χ4n) is 3.07. The Kier molecular flexibility index (Phi) is 5.04. The normalized spacial score (nSPS) is 18.9. The first-order chi connectivity index (χ1) is 13.6. The summed E-state index contributed by atoms with van der Waals surface area (Å²) < 4.78 is 15.5. The van der Waals surface area contributed by atoms with Gasteiger partial charge in [0.2, 0.25) is 17.6 Å². The van der Waals surface area contributed by atoms with Crippen LogP contribution in [-0.4, -0.2) is 34.4 Å². The zero-order valence-electron chi connectivity index (χ0n) is 15.4. The number of carbonyl (C=O) groups excluding carboxylic acids is 1. The van der Waals surface area contributed by atoms with Crippen LogP contribution in [0.15, 0.2) is 39.4 Å². The Hall–Kier alpha value is -3.24. The predicted octanol–water partition coefficient (Wildman–Crippen LogP) is 1.27. The quantitative estimate of drug-likeness (QED) is 0.575. The van der Waals surface area contributed by atoms with Gasteiger partial charge in [-0.05, 0) is 19.4 Å². The van der Waals surface area contributed by atoms with Gasteiger partial charge in [0.15, 0.2) is 5.69 Å². The first-order valence-corrected chi connectivity index (χ1v) is 8.82. The number of aromatic nitrogens is 3. The van der Waals surface area contributed by atoms with Gasteiger partial charge in [-0.1, -0.05) is 28.5 Å². The van der Waals surface area contributed by atoms with Crippen LogP contribution < -0.4 is 20.9 Å². The van der Waals surface area contributed by atoms with Crippen LogP contribution in [0.3, 0.4) is 0 Å². The lowest BCUT2D eigenvalue weighted by Crippen LogP contribution is -2.42. The van der Waals surface area contributed by atoms with Crippen molar-refractivity contribution in [1.82, 2.24) is 31.5 Å². The summed E-state index contributed by atoms with van der Waals surface area (Å²) in [5.41, 5.74) is 7.65. The summed E-state index contributed by atoms with van der Waals surface area (Å²) >= 11 is 0. The minimum atomic E-state index is -0.393. The molecule has 0 spiro atoms. The van der Waals surface area contributed by atoms with Crippen molar-refractivity contribution >= 4 is 5.91 Å². The summed E-state index contributed by atoms with van der Waals surface area (Å²) in [5, 5.41) is 10.5. The van der Waals surface area contributed by atoms with Crippen molar-refractivity contribution in [2.75, 3.05) is 7.11 Å². The Labute approximate surface area is 160 Å². The van der Waals surface area contributed by atoms with E-state index in [0.29, 0.717) is 23.7 Å². The molecule has 10 heteroatoms. The number of amides is 1. The summed E-state index contributed by atoms with van der Waals surface area (Å²) in [6.07, 6.45) is 0.583. The summed E-state index contributed by atoms with van der Waals surface area (Å²) in [6, 6.07) is 9.01. The Balaban J connectivity index is 1.33. The molecule has 3 heterocycles. The second-order valence-electron chi connectivity index (χ2n) is 6.42. The second kappa shape index (κ2) is 7.79. The van der Waals surface area contributed by atoms with Crippen LogP contribution in [0.5, 0.6) is 5.75 Å². The Morgan fingerprint density at radius 2 is 2.14 bits per heavy atom. The first-order valence-electron chi connectivity index (χ1n) is 8.82. The van der Waals surface area contributed by atoms with Gasteiger partial charge in [-0.25, -0.2) is 10.9 Å². The maximum Gasteiger partial charge on any atom is 0.246 e. The van der Waals surface area contributed by atoms with Crippen molar-refractivity contribution in [2.24, 2.45) is 0 Å². The van der Waals surface area contributed by atoms with Crippen LogP contribution >= 0.6 is 0 Å². The minimum Gasteiger partial charge on any atom is -0.496 e. The van der Waals surface area contributed by atoms with Crippen molar-refractivity contribution in [3.05, 3.63) is 47.5 Å². The molecule has 1 saturated heterocycles. The molecular weight excluding hydrogens is 364 g/mol. The van der Waals surface area contributed by atoms with Crippen molar-refractivity contribution < 1.29 is 18.6 Å².